The maximum Gasteiger partial charge on any atom is 0.225 e. The fourth-order valence-electron chi connectivity index (χ4n) is 1.61. The Hall–Kier alpha value is -1.56. The topological polar surface area (TPSA) is 29.0 Å². The molecule has 2 heterocycles. The molecule has 1 aliphatic heterocycles. The van der Waals surface area contributed by atoms with Crippen molar-refractivity contribution in [1.82, 2.24) is 9.97 Å². The summed E-state index contributed by atoms with van der Waals surface area (Å²) in [6, 6.07) is 0. The highest BCUT2D eigenvalue weighted by molar-refractivity contribution is 5.30. The Bertz CT molecular complexity index is 331. The van der Waals surface area contributed by atoms with Crippen molar-refractivity contribution >= 4 is 5.95 Å². The van der Waals surface area contributed by atoms with Crippen LogP contribution in [-0.4, -0.2) is 23.1 Å². The van der Waals surface area contributed by atoms with Gasteiger partial charge < -0.3 is 4.90 Å². The second-order valence-corrected chi connectivity index (χ2v) is 3.73. The van der Waals surface area contributed by atoms with Crippen molar-refractivity contribution in [3.63, 3.8) is 0 Å². The normalized spacial score (nSPS) is 13.9. The van der Waals surface area contributed by atoms with Crippen LogP contribution < -0.4 is 4.90 Å². The Kier molecular flexibility index (Phi) is 5.35. The number of aryl methyl sites for hydroxylation is 1. The minimum Gasteiger partial charge on any atom is -0.341 e. The van der Waals surface area contributed by atoms with E-state index in [-0.39, 0.29) is 0 Å². The zero-order valence-electron chi connectivity index (χ0n) is 10.1. The van der Waals surface area contributed by atoms with Crippen LogP contribution in [0.5, 0.6) is 0 Å². The van der Waals surface area contributed by atoms with Gasteiger partial charge in [-0.25, -0.2) is 9.97 Å². The minimum atomic E-state index is 0.898. The van der Waals surface area contributed by atoms with Gasteiger partial charge in [0, 0.05) is 25.5 Å². The van der Waals surface area contributed by atoms with E-state index in [2.05, 4.69) is 34.1 Å². The Balaban J connectivity index is 0.000000386. The maximum atomic E-state index is 4.60. The van der Waals surface area contributed by atoms with Gasteiger partial charge in [0.05, 0.1) is 0 Å². The predicted octanol–water partition coefficient (Wildman–Crippen LogP) is 2.28. The molecule has 1 aromatic heterocycles. The fourth-order valence-corrected chi connectivity index (χ4v) is 1.61. The maximum absolute atomic E-state index is 4.60. The molecule has 3 heteroatoms. The van der Waals surface area contributed by atoms with E-state index in [4.69, 9.17) is 0 Å². The van der Waals surface area contributed by atoms with Gasteiger partial charge in [0.25, 0.3) is 0 Å². The molecule has 0 bridgehead atoms. The minimum absolute atomic E-state index is 0.898. The third-order valence-corrected chi connectivity index (χ3v) is 2.49. The highest BCUT2D eigenvalue weighted by atomic mass is 15.3. The van der Waals surface area contributed by atoms with E-state index in [0.29, 0.717) is 0 Å². The number of terminal acetylenes is 1. The van der Waals surface area contributed by atoms with Crippen molar-refractivity contribution in [2.75, 3.05) is 18.0 Å². The van der Waals surface area contributed by atoms with Crippen LogP contribution in [0.4, 0.5) is 5.95 Å². The summed E-state index contributed by atoms with van der Waals surface area (Å²) < 4.78 is 0. The number of aromatic nitrogens is 2. The first-order chi connectivity index (χ1) is 7.81. The molecule has 3 nitrogen and oxygen atoms in total. The summed E-state index contributed by atoms with van der Waals surface area (Å²) in [5.74, 6) is 3.15. The summed E-state index contributed by atoms with van der Waals surface area (Å²) in [6.07, 6.45) is 12.0. The largest absolute Gasteiger partial charge is 0.341 e. The highest BCUT2D eigenvalue weighted by Crippen LogP contribution is 2.14. The third-order valence-electron chi connectivity index (χ3n) is 2.49. The van der Waals surface area contributed by atoms with Crippen molar-refractivity contribution in [1.29, 1.82) is 0 Å². The molecule has 0 unspecified atom stereocenters. The number of rotatable bonds is 2. The summed E-state index contributed by atoms with van der Waals surface area (Å²) in [6.45, 7) is 6.01. The first-order valence-corrected chi connectivity index (χ1v) is 5.75. The zero-order valence-corrected chi connectivity index (χ0v) is 10.1. The standard InChI is InChI=1S/C10H15N3.C3H4/c1-2-9-7-11-10(12-8-9)13-5-3-4-6-13;1-3-2/h7-8H,2-6H2,1H3;1H,2H3. The van der Waals surface area contributed by atoms with Crippen LogP contribution in [0.3, 0.4) is 0 Å². The Labute approximate surface area is 97.9 Å². The van der Waals surface area contributed by atoms with Crippen LogP contribution in [0.15, 0.2) is 12.4 Å². The second-order valence-electron chi connectivity index (χ2n) is 3.73. The van der Waals surface area contributed by atoms with Crippen molar-refractivity contribution in [2.45, 2.75) is 33.1 Å². The van der Waals surface area contributed by atoms with Gasteiger partial charge in [-0.2, -0.15) is 0 Å². The molecule has 0 spiro atoms. The SMILES string of the molecule is C#CC.CCc1cnc(N2CCCC2)nc1. The van der Waals surface area contributed by atoms with Crippen LogP contribution in [0.2, 0.25) is 0 Å². The average Bonchev–Trinajstić information content (AvgIpc) is 2.84. The highest BCUT2D eigenvalue weighted by Gasteiger charge is 2.13. The van der Waals surface area contributed by atoms with E-state index in [0.717, 1.165) is 25.5 Å². The molecule has 2 rings (SSSR count). The summed E-state index contributed by atoms with van der Waals surface area (Å²) in [5.41, 5.74) is 1.21. The summed E-state index contributed by atoms with van der Waals surface area (Å²) in [7, 11) is 0. The van der Waals surface area contributed by atoms with Crippen molar-refractivity contribution in [3.8, 4) is 12.3 Å². The second kappa shape index (κ2) is 6.84. The van der Waals surface area contributed by atoms with E-state index in [1.165, 1.54) is 18.4 Å². The van der Waals surface area contributed by atoms with Gasteiger partial charge in [-0.15, -0.1) is 12.3 Å². The molecule has 0 amide bonds. The Morgan fingerprint density at radius 2 is 1.81 bits per heavy atom. The van der Waals surface area contributed by atoms with Crippen LogP contribution in [0.25, 0.3) is 0 Å². The number of hydrogen-bond acceptors (Lipinski definition) is 3. The predicted molar refractivity (Wildman–Crippen MR) is 67.4 cm³/mol. The average molecular weight is 217 g/mol. The van der Waals surface area contributed by atoms with Gasteiger partial charge in [0.2, 0.25) is 5.95 Å². The molecule has 0 aliphatic carbocycles. The summed E-state index contributed by atoms with van der Waals surface area (Å²) in [5, 5.41) is 0. The molecule has 0 aromatic carbocycles. The molecular weight excluding hydrogens is 198 g/mol. The van der Waals surface area contributed by atoms with Crippen LogP contribution in [0.1, 0.15) is 32.3 Å². The number of nitrogens with zero attached hydrogens (tertiary/aromatic N) is 3. The van der Waals surface area contributed by atoms with Gasteiger partial charge in [-0.05, 0) is 31.7 Å². The molecule has 1 fully saturated rings. The van der Waals surface area contributed by atoms with Gasteiger partial charge in [-0.3, -0.25) is 0 Å². The van der Waals surface area contributed by atoms with Crippen LogP contribution in [-0.2, 0) is 6.42 Å². The monoisotopic (exact) mass is 217 g/mol. The van der Waals surface area contributed by atoms with Gasteiger partial charge >= 0.3 is 0 Å². The molecule has 1 saturated heterocycles. The molecule has 1 aromatic rings. The fraction of sp³-hybridized carbons (Fsp3) is 0.538. The van der Waals surface area contributed by atoms with Crippen molar-refractivity contribution < 1.29 is 0 Å². The summed E-state index contributed by atoms with van der Waals surface area (Å²) >= 11 is 0. The third kappa shape index (κ3) is 3.54. The van der Waals surface area contributed by atoms with Crippen molar-refractivity contribution in [3.05, 3.63) is 18.0 Å². The number of anilines is 1. The van der Waals surface area contributed by atoms with E-state index >= 15 is 0 Å². The van der Waals surface area contributed by atoms with E-state index < -0.39 is 0 Å². The number of hydrogen-bond donors (Lipinski definition) is 0. The lowest BCUT2D eigenvalue weighted by Crippen LogP contribution is -2.20. The molecule has 0 radical (unpaired) electrons. The van der Waals surface area contributed by atoms with Crippen LogP contribution in [0, 0.1) is 12.3 Å². The van der Waals surface area contributed by atoms with Gasteiger partial charge in [0.15, 0.2) is 0 Å². The lowest BCUT2D eigenvalue weighted by Gasteiger charge is -2.14. The first kappa shape index (κ1) is 12.5. The Morgan fingerprint density at radius 1 is 1.31 bits per heavy atom. The summed E-state index contributed by atoms with van der Waals surface area (Å²) in [4.78, 5) is 10.9. The zero-order chi connectivity index (χ0) is 11.8. The molecule has 86 valence electrons. The van der Waals surface area contributed by atoms with Gasteiger partial charge in [-0.1, -0.05) is 6.92 Å². The molecule has 16 heavy (non-hydrogen) atoms. The molecule has 0 N–H and O–H groups in total. The molecular formula is C13H19N3. The van der Waals surface area contributed by atoms with E-state index in [1.54, 1.807) is 6.92 Å². The van der Waals surface area contributed by atoms with E-state index in [1.807, 2.05) is 12.4 Å². The molecule has 0 saturated carbocycles. The quantitative estimate of drug-likeness (QED) is 0.712. The Morgan fingerprint density at radius 3 is 2.25 bits per heavy atom. The molecule has 1 aliphatic rings. The van der Waals surface area contributed by atoms with E-state index in [9.17, 15) is 0 Å². The first-order valence-electron chi connectivity index (χ1n) is 5.75. The van der Waals surface area contributed by atoms with Crippen LogP contribution >= 0.6 is 0 Å². The lowest BCUT2D eigenvalue weighted by atomic mass is 10.3. The molecule has 0 atom stereocenters. The van der Waals surface area contributed by atoms with Gasteiger partial charge in [0.1, 0.15) is 0 Å². The smallest absolute Gasteiger partial charge is 0.225 e. The van der Waals surface area contributed by atoms with Crippen molar-refractivity contribution in [2.24, 2.45) is 0 Å². The lowest BCUT2D eigenvalue weighted by molar-refractivity contribution is 0.888.